The number of hydrogen-bond acceptors (Lipinski definition) is 3. The number of halogens is 1. The molecule has 0 amide bonds. The van der Waals surface area contributed by atoms with E-state index in [9.17, 15) is 9.90 Å². The number of benzene rings is 3. The number of rotatable bonds is 5. The van der Waals surface area contributed by atoms with E-state index in [0.29, 0.717) is 11.6 Å². The van der Waals surface area contributed by atoms with E-state index in [1.54, 1.807) is 6.07 Å². The van der Waals surface area contributed by atoms with E-state index in [1.807, 2.05) is 36.4 Å². The van der Waals surface area contributed by atoms with Crippen LogP contribution in [0.1, 0.15) is 45.4 Å². The fraction of sp³-hybridized carbons (Fsp3) is 0.192. The van der Waals surface area contributed by atoms with Crippen molar-refractivity contribution in [2.45, 2.75) is 25.0 Å². The van der Waals surface area contributed by atoms with Crippen molar-refractivity contribution in [2.24, 2.45) is 5.92 Å². The zero-order chi connectivity index (χ0) is 21.4. The van der Waals surface area contributed by atoms with Gasteiger partial charge in [-0.1, -0.05) is 72.3 Å². The van der Waals surface area contributed by atoms with Crippen molar-refractivity contribution in [2.75, 3.05) is 5.32 Å². The first-order chi connectivity index (χ1) is 15.1. The Morgan fingerprint density at radius 1 is 1.06 bits per heavy atom. The Bertz CT molecular complexity index is 1160. The lowest BCUT2D eigenvalue weighted by atomic mass is 9.76. The average molecular weight is 432 g/mol. The average Bonchev–Trinajstić information content (AvgIpc) is 3.28. The Morgan fingerprint density at radius 2 is 1.84 bits per heavy atom. The first-order valence-electron chi connectivity index (χ1n) is 10.4. The molecule has 4 nitrogen and oxygen atoms in total. The molecule has 5 rings (SSSR count). The van der Waals surface area contributed by atoms with Crippen LogP contribution in [0.3, 0.4) is 0 Å². The molecule has 0 saturated heterocycles. The highest BCUT2D eigenvalue weighted by Crippen LogP contribution is 2.53. The molecule has 0 spiro atoms. The van der Waals surface area contributed by atoms with Gasteiger partial charge in [-0.25, -0.2) is 4.79 Å². The van der Waals surface area contributed by atoms with Crippen molar-refractivity contribution >= 4 is 23.3 Å². The molecule has 0 saturated carbocycles. The fourth-order valence-electron chi connectivity index (χ4n) is 4.69. The molecule has 31 heavy (non-hydrogen) atoms. The second kappa shape index (κ2) is 8.12. The molecule has 5 heteroatoms. The number of carboxylic acids is 1. The smallest absolute Gasteiger partial charge is 0.335 e. The number of allylic oxidation sites excluding steroid dienone is 2. The minimum Gasteiger partial charge on any atom is -0.489 e. The van der Waals surface area contributed by atoms with Crippen molar-refractivity contribution < 1.29 is 14.6 Å². The molecule has 0 fully saturated rings. The third kappa shape index (κ3) is 3.68. The van der Waals surface area contributed by atoms with Gasteiger partial charge in [0.1, 0.15) is 12.4 Å². The van der Waals surface area contributed by atoms with Crippen LogP contribution in [0.4, 0.5) is 5.69 Å². The van der Waals surface area contributed by atoms with Crippen molar-refractivity contribution in [1.82, 2.24) is 0 Å². The van der Waals surface area contributed by atoms with E-state index >= 15 is 0 Å². The predicted octanol–water partition coefficient (Wildman–Crippen LogP) is 6.44. The van der Waals surface area contributed by atoms with Crippen molar-refractivity contribution in [3.05, 3.63) is 106 Å². The summed E-state index contributed by atoms with van der Waals surface area (Å²) < 4.78 is 6.22. The van der Waals surface area contributed by atoms with Gasteiger partial charge in [0, 0.05) is 11.5 Å². The summed E-state index contributed by atoms with van der Waals surface area (Å²) in [7, 11) is 0. The summed E-state index contributed by atoms with van der Waals surface area (Å²) >= 11 is 6.53. The van der Waals surface area contributed by atoms with Crippen LogP contribution in [0.25, 0.3) is 0 Å². The molecule has 1 heterocycles. The summed E-state index contributed by atoms with van der Waals surface area (Å²) in [5, 5.41) is 13.5. The minimum absolute atomic E-state index is 0.00708. The number of hydrogen-bond donors (Lipinski definition) is 2. The number of carboxylic acid groups (broad SMARTS) is 1. The van der Waals surface area contributed by atoms with Crippen LogP contribution in [-0.4, -0.2) is 11.1 Å². The second-order valence-electron chi connectivity index (χ2n) is 8.02. The molecule has 3 aromatic rings. The zero-order valence-electron chi connectivity index (χ0n) is 16.8. The van der Waals surface area contributed by atoms with E-state index in [0.717, 1.165) is 34.5 Å². The Kier molecular flexibility index (Phi) is 5.16. The van der Waals surface area contributed by atoms with Crippen LogP contribution < -0.4 is 10.1 Å². The van der Waals surface area contributed by atoms with Crippen LogP contribution >= 0.6 is 11.6 Å². The number of anilines is 1. The Morgan fingerprint density at radius 3 is 2.65 bits per heavy atom. The second-order valence-corrected chi connectivity index (χ2v) is 8.42. The van der Waals surface area contributed by atoms with Crippen LogP contribution in [0.2, 0.25) is 5.02 Å². The van der Waals surface area contributed by atoms with Gasteiger partial charge in [0.25, 0.3) is 0 Å². The third-order valence-electron chi connectivity index (χ3n) is 6.16. The van der Waals surface area contributed by atoms with Gasteiger partial charge in [-0.05, 0) is 41.7 Å². The van der Waals surface area contributed by atoms with E-state index in [2.05, 4.69) is 35.7 Å². The first-order valence-corrected chi connectivity index (χ1v) is 10.7. The van der Waals surface area contributed by atoms with Crippen LogP contribution in [-0.2, 0) is 6.61 Å². The van der Waals surface area contributed by atoms with Crippen LogP contribution in [0.5, 0.6) is 5.75 Å². The number of nitrogens with one attached hydrogen (secondary N) is 1. The monoisotopic (exact) mass is 431 g/mol. The lowest BCUT2D eigenvalue weighted by molar-refractivity contribution is 0.0696. The van der Waals surface area contributed by atoms with E-state index < -0.39 is 5.97 Å². The van der Waals surface area contributed by atoms with Gasteiger partial charge in [0.15, 0.2) is 0 Å². The molecular formula is C26H22ClNO3. The maximum absolute atomic E-state index is 11.5. The number of ether oxygens (including phenoxy) is 1. The van der Waals surface area contributed by atoms with E-state index in [4.69, 9.17) is 16.3 Å². The van der Waals surface area contributed by atoms with Gasteiger partial charge in [-0.15, -0.1) is 0 Å². The summed E-state index contributed by atoms with van der Waals surface area (Å²) in [6.07, 6.45) is 5.25. The van der Waals surface area contributed by atoms with Crippen molar-refractivity contribution in [1.29, 1.82) is 0 Å². The highest BCUT2D eigenvalue weighted by atomic mass is 35.5. The predicted molar refractivity (Wildman–Crippen MR) is 122 cm³/mol. The maximum Gasteiger partial charge on any atom is 0.335 e. The summed E-state index contributed by atoms with van der Waals surface area (Å²) in [6.45, 7) is 0.496. The number of aromatic carboxylic acids is 1. The molecule has 156 valence electrons. The maximum atomic E-state index is 11.5. The van der Waals surface area contributed by atoms with Gasteiger partial charge in [-0.2, -0.15) is 0 Å². The molecule has 3 atom stereocenters. The van der Waals surface area contributed by atoms with Crippen molar-refractivity contribution in [3.63, 3.8) is 0 Å². The molecule has 0 radical (unpaired) electrons. The summed E-state index contributed by atoms with van der Waals surface area (Å²) in [5.41, 5.74) is 4.17. The van der Waals surface area contributed by atoms with Gasteiger partial charge in [-0.3, -0.25) is 0 Å². The molecule has 1 aliphatic heterocycles. The van der Waals surface area contributed by atoms with E-state index in [-0.39, 0.29) is 23.4 Å². The lowest BCUT2D eigenvalue weighted by Gasteiger charge is -2.38. The summed E-state index contributed by atoms with van der Waals surface area (Å²) in [4.78, 5) is 11.5. The highest BCUT2D eigenvalue weighted by Gasteiger charge is 2.40. The first kappa shape index (κ1) is 19.7. The topological polar surface area (TPSA) is 58.6 Å². The van der Waals surface area contributed by atoms with Gasteiger partial charge in [0.2, 0.25) is 0 Å². The molecule has 2 N–H and O–H groups in total. The molecular weight excluding hydrogens is 410 g/mol. The minimum atomic E-state index is -0.968. The Balaban J connectivity index is 1.50. The largest absolute Gasteiger partial charge is 0.489 e. The van der Waals surface area contributed by atoms with E-state index in [1.165, 1.54) is 6.07 Å². The quantitative estimate of drug-likeness (QED) is 0.456. The molecule has 0 bridgehead atoms. The van der Waals surface area contributed by atoms with Crippen LogP contribution in [0, 0.1) is 5.92 Å². The van der Waals surface area contributed by atoms with Crippen LogP contribution in [0.15, 0.2) is 78.9 Å². The number of carbonyl (C=O) groups is 1. The normalized spacial score (nSPS) is 21.1. The Labute approximate surface area is 186 Å². The SMILES string of the molecule is O=C(O)c1cc(Cl)c2c(c1)[C@@H]1C=CC[C@@H]1[C@H](c1ccccc1OCc1ccccc1)N2. The van der Waals surface area contributed by atoms with Gasteiger partial charge < -0.3 is 15.2 Å². The fourth-order valence-corrected chi connectivity index (χ4v) is 4.97. The third-order valence-corrected chi connectivity index (χ3v) is 6.46. The number of para-hydroxylation sites is 1. The standard InChI is InChI=1S/C26H22ClNO3/c27-22-14-17(26(29)30)13-21-18-10-6-11-19(18)24(28-25(21)22)20-9-4-5-12-23(20)31-15-16-7-2-1-3-8-16/h1-10,12-14,18-19,24,28H,11,15H2,(H,29,30)/t18-,19+,24-/m1/s1. The number of fused-ring (bicyclic) bond motifs is 3. The molecule has 0 aromatic heterocycles. The molecule has 3 aromatic carbocycles. The zero-order valence-corrected chi connectivity index (χ0v) is 17.5. The van der Waals surface area contributed by atoms with Gasteiger partial charge >= 0.3 is 5.97 Å². The lowest BCUT2D eigenvalue weighted by Crippen LogP contribution is -2.30. The van der Waals surface area contributed by atoms with Gasteiger partial charge in [0.05, 0.1) is 22.3 Å². The summed E-state index contributed by atoms with van der Waals surface area (Å²) in [5.74, 6) is 0.246. The summed E-state index contributed by atoms with van der Waals surface area (Å²) in [6, 6.07) is 21.5. The molecule has 1 aliphatic carbocycles. The molecule has 2 aliphatic rings. The highest BCUT2D eigenvalue weighted by molar-refractivity contribution is 6.33. The molecule has 0 unspecified atom stereocenters. The Hall–Kier alpha value is -3.24. The van der Waals surface area contributed by atoms with Crippen molar-refractivity contribution in [3.8, 4) is 5.75 Å².